The summed E-state index contributed by atoms with van der Waals surface area (Å²) < 4.78 is 5.48. The topological polar surface area (TPSA) is 72.5 Å². The number of aryl methyl sites for hydroxylation is 2. The molecule has 0 amide bonds. The molecule has 23 heavy (non-hydrogen) atoms. The van der Waals surface area contributed by atoms with Crippen LogP contribution in [0, 0.1) is 6.92 Å². The number of rotatable bonds is 5. The van der Waals surface area contributed by atoms with Gasteiger partial charge in [0.05, 0.1) is 18.2 Å². The highest BCUT2D eigenvalue weighted by molar-refractivity contribution is 6.10. The summed E-state index contributed by atoms with van der Waals surface area (Å²) in [6, 6.07) is 3.91. The first-order valence-electron chi connectivity index (χ1n) is 8.32. The van der Waals surface area contributed by atoms with Crippen molar-refractivity contribution in [3.8, 4) is 5.75 Å². The summed E-state index contributed by atoms with van der Waals surface area (Å²) in [5.74, 6) is 0.610. The second kappa shape index (κ2) is 7.18. The predicted octanol–water partition coefficient (Wildman–Crippen LogP) is 3.70. The molecular weight excluding hydrogens is 290 g/mol. The van der Waals surface area contributed by atoms with Gasteiger partial charge in [0.15, 0.2) is 6.29 Å². The fourth-order valence-corrected chi connectivity index (χ4v) is 3.49. The van der Waals surface area contributed by atoms with Gasteiger partial charge in [-0.3, -0.25) is 4.79 Å². The van der Waals surface area contributed by atoms with Crippen molar-refractivity contribution >= 4 is 11.9 Å². The molecule has 126 valence electrons. The van der Waals surface area contributed by atoms with E-state index in [4.69, 9.17) is 10.5 Å². The molecule has 0 saturated heterocycles. The average Bonchev–Trinajstić information content (AvgIpc) is 2.56. The van der Waals surface area contributed by atoms with E-state index < -0.39 is 5.54 Å². The largest absolute Gasteiger partial charge is 0.510 e. The van der Waals surface area contributed by atoms with Gasteiger partial charge in [-0.2, -0.15) is 0 Å². The number of allylic oxidation sites excluding steroid dienone is 1. The summed E-state index contributed by atoms with van der Waals surface area (Å²) in [5, 5.41) is 10.8. The SMILES string of the molecule is CCc1cc(C)cc(OC)c1/C(C=O)=C(\O)C1(N)CCCCC1. The fraction of sp³-hybridized carbons (Fsp3) is 0.526. The van der Waals surface area contributed by atoms with Gasteiger partial charge in [-0.05, 0) is 43.4 Å². The minimum absolute atomic E-state index is 0.00375. The third-order valence-corrected chi connectivity index (χ3v) is 4.79. The molecule has 0 aliphatic heterocycles. The molecule has 1 aromatic rings. The number of hydrogen-bond donors (Lipinski definition) is 2. The quantitative estimate of drug-likeness (QED) is 0.493. The first-order chi connectivity index (χ1) is 11.0. The zero-order valence-electron chi connectivity index (χ0n) is 14.3. The molecule has 4 nitrogen and oxygen atoms in total. The highest BCUT2D eigenvalue weighted by atomic mass is 16.5. The van der Waals surface area contributed by atoms with Crippen LogP contribution in [0.2, 0.25) is 0 Å². The molecule has 1 aromatic carbocycles. The number of nitrogens with two attached hydrogens (primary N) is 1. The van der Waals surface area contributed by atoms with Crippen LogP contribution in [0.25, 0.3) is 5.57 Å². The molecule has 0 aromatic heterocycles. The van der Waals surface area contributed by atoms with Gasteiger partial charge in [0.2, 0.25) is 0 Å². The van der Waals surface area contributed by atoms with Gasteiger partial charge in [0, 0.05) is 5.56 Å². The summed E-state index contributed by atoms with van der Waals surface area (Å²) in [7, 11) is 1.58. The lowest BCUT2D eigenvalue weighted by Gasteiger charge is -2.33. The Labute approximate surface area is 138 Å². The van der Waals surface area contributed by atoms with Crippen molar-refractivity contribution in [2.75, 3.05) is 7.11 Å². The van der Waals surface area contributed by atoms with Crippen molar-refractivity contribution in [3.63, 3.8) is 0 Å². The van der Waals surface area contributed by atoms with E-state index in [9.17, 15) is 9.90 Å². The van der Waals surface area contributed by atoms with E-state index in [0.29, 0.717) is 30.4 Å². The van der Waals surface area contributed by atoms with Crippen LogP contribution in [0.15, 0.2) is 17.9 Å². The number of benzene rings is 1. The molecule has 0 bridgehead atoms. The third-order valence-electron chi connectivity index (χ3n) is 4.79. The summed E-state index contributed by atoms with van der Waals surface area (Å²) in [5.41, 5.74) is 8.59. The Kier molecular flexibility index (Phi) is 5.47. The van der Waals surface area contributed by atoms with Crippen molar-refractivity contribution in [2.45, 2.75) is 57.9 Å². The van der Waals surface area contributed by atoms with Crippen LogP contribution in [-0.4, -0.2) is 24.0 Å². The maximum Gasteiger partial charge on any atom is 0.154 e. The molecular formula is C19H27NO3. The normalized spacial score (nSPS) is 18.3. The van der Waals surface area contributed by atoms with Gasteiger partial charge in [-0.1, -0.05) is 32.3 Å². The highest BCUT2D eigenvalue weighted by Gasteiger charge is 2.35. The van der Waals surface area contributed by atoms with Crippen molar-refractivity contribution in [3.05, 3.63) is 34.6 Å². The van der Waals surface area contributed by atoms with E-state index in [-0.39, 0.29) is 11.3 Å². The Morgan fingerprint density at radius 3 is 2.52 bits per heavy atom. The van der Waals surface area contributed by atoms with Crippen molar-refractivity contribution in [1.29, 1.82) is 0 Å². The number of aliphatic hydroxyl groups excluding tert-OH is 1. The number of hydrogen-bond acceptors (Lipinski definition) is 4. The van der Waals surface area contributed by atoms with Crippen LogP contribution >= 0.6 is 0 Å². The Hall–Kier alpha value is -1.81. The molecule has 0 atom stereocenters. The maximum atomic E-state index is 11.8. The van der Waals surface area contributed by atoms with Crippen LogP contribution < -0.4 is 10.5 Å². The molecule has 1 fully saturated rings. The highest BCUT2D eigenvalue weighted by Crippen LogP contribution is 2.38. The lowest BCUT2D eigenvalue weighted by Crippen LogP contribution is -2.44. The standard InChI is InChI=1S/C19H27NO3/c1-4-14-10-13(2)11-16(23-3)17(14)15(12-21)18(22)19(20)8-6-5-7-9-19/h10-12,22H,4-9,20H2,1-3H3/b18-15-. The number of aldehydes is 1. The second-order valence-electron chi connectivity index (χ2n) is 6.45. The van der Waals surface area contributed by atoms with Gasteiger partial charge < -0.3 is 15.6 Å². The molecule has 3 N–H and O–H groups in total. The van der Waals surface area contributed by atoms with Crippen LogP contribution in [0.5, 0.6) is 5.75 Å². The first-order valence-corrected chi connectivity index (χ1v) is 8.32. The zero-order chi connectivity index (χ0) is 17.0. The number of aliphatic hydroxyl groups is 1. The van der Waals surface area contributed by atoms with E-state index in [2.05, 4.69) is 0 Å². The van der Waals surface area contributed by atoms with Crippen LogP contribution in [-0.2, 0) is 11.2 Å². The van der Waals surface area contributed by atoms with Crippen molar-refractivity contribution in [2.24, 2.45) is 5.73 Å². The van der Waals surface area contributed by atoms with Gasteiger partial charge in [-0.25, -0.2) is 0 Å². The Balaban J connectivity index is 2.65. The van der Waals surface area contributed by atoms with E-state index >= 15 is 0 Å². The third kappa shape index (κ3) is 3.42. The molecule has 0 spiro atoms. The molecule has 1 aliphatic carbocycles. The maximum absolute atomic E-state index is 11.8. The lowest BCUT2D eigenvalue weighted by atomic mass is 9.78. The molecule has 1 aliphatic rings. The monoisotopic (exact) mass is 317 g/mol. The van der Waals surface area contributed by atoms with Crippen molar-refractivity contribution in [1.82, 2.24) is 0 Å². The molecule has 2 rings (SSSR count). The number of carbonyl (C=O) groups is 1. The first kappa shape index (κ1) is 17.5. The van der Waals surface area contributed by atoms with Gasteiger partial charge in [0.1, 0.15) is 11.5 Å². The van der Waals surface area contributed by atoms with Gasteiger partial charge in [-0.15, -0.1) is 0 Å². The number of ether oxygens (including phenoxy) is 1. The van der Waals surface area contributed by atoms with Crippen LogP contribution in [0.1, 0.15) is 55.7 Å². The van der Waals surface area contributed by atoms with Crippen LogP contribution in [0.4, 0.5) is 0 Å². The molecule has 0 unspecified atom stereocenters. The Morgan fingerprint density at radius 2 is 2.00 bits per heavy atom. The number of methoxy groups -OCH3 is 1. The lowest BCUT2D eigenvalue weighted by molar-refractivity contribution is -0.103. The molecule has 4 heteroatoms. The van der Waals surface area contributed by atoms with Gasteiger partial charge >= 0.3 is 0 Å². The minimum atomic E-state index is -0.810. The summed E-state index contributed by atoms with van der Waals surface area (Å²) >= 11 is 0. The van der Waals surface area contributed by atoms with E-state index in [0.717, 1.165) is 36.8 Å². The molecule has 1 saturated carbocycles. The molecule has 0 radical (unpaired) electrons. The number of carbonyl (C=O) groups excluding carboxylic acids is 1. The summed E-state index contributed by atoms with van der Waals surface area (Å²) in [6.07, 6.45) is 5.92. The van der Waals surface area contributed by atoms with Gasteiger partial charge in [0.25, 0.3) is 0 Å². The molecule has 0 heterocycles. The van der Waals surface area contributed by atoms with Crippen molar-refractivity contribution < 1.29 is 14.6 Å². The predicted molar refractivity (Wildman–Crippen MR) is 92.7 cm³/mol. The minimum Gasteiger partial charge on any atom is -0.510 e. The van der Waals surface area contributed by atoms with Crippen LogP contribution in [0.3, 0.4) is 0 Å². The van der Waals surface area contributed by atoms with E-state index in [1.165, 1.54) is 0 Å². The zero-order valence-corrected chi connectivity index (χ0v) is 14.3. The summed E-state index contributed by atoms with van der Waals surface area (Å²) in [6.45, 7) is 4.01. The Bertz CT molecular complexity index is 588. The fourth-order valence-electron chi connectivity index (χ4n) is 3.49. The average molecular weight is 317 g/mol. The van der Waals surface area contributed by atoms with E-state index in [1.807, 2.05) is 26.0 Å². The summed E-state index contributed by atoms with van der Waals surface area (Å²) in [4.78, 5) is 11.8. The Morgan fingerprint density at radius 1 is 1.35 bits per heavy atom. The second-order valence-corrected chi connectivity index (χ2v) is 6.45. The smallest absolute Gasteiger partial charge is 0.154 e. The van der Waals surface area contributed by atoms with E-state index in [1.54, 1.807) is 7.11 Å².